The average Bonchev–Trinajstić information content (AvgIpc) is 3.14. The highest BCUT2D eigenvalue weighted by Crippen LogP contribution is 2.35. The Morgan fingerprint density at radius 3 is 2.69 bits per heavy atom. The molecule has 2 aromatic carbocycles. The minimum Gasteiger partial charge on any atom is -0.497 e. The zero-order valence-corrected chi connectivity index (χ0v) is 16.5. The van der Waals surface area contributed by atoms with Gasteiger partial charge in [0.15, 0.2) is 0 Å². The Morgan fingerprint density at radius 1 is 1.21 bits per heavy atom. The van der Waals surface area contributed by atoms with Gasteiger partial charge in [0.25, 0.3) is 0 Å². The summed E-state index contributed by atoms with van der Waals surface area (Å²) in [6.45, 7) is 3.95. The van der Waals surface area contributed by atoms with E-state index >= 15 is 0 Å². The number of hydrogen-bond donors (Lipinski definition) is 2. The fourth-order valence-corrected chi connectivity index (χ4v) is 3.46. The van der Waals surface area contributed by atoms with Crippen LogP contribution in [0.2, 0.25) is 0 Å². The van der Waals surface area contributed by atoms with Crippen LogP contribution in [0.4, 0.5) is 11.5 Å². The molecule has 1 atom stereocenters. The minimum absolute atomic E-state index is 0.0351. The molecule has 148 valence electrons. The van der Waals surface area contributed by atoms with Gasteiger partial charge in [-0.2, -0.15) is 5.10 Å². The maximum absolute atomic E-state index is 13.0. The molecule has 0 bridgehead atoms. The topological polar surface area (TPSA) is 85.2 Å². The summed E-state index contributed by atoms with van der Waals surface area (Å²) in [7, 11) is 1.61. The van der Waals surface area contributed by atoms with E-state index in [0.717, 1.165) is 33.7 Å². The number of carbonyl (C=O) groups excluding carboxylic acids is 2. The highest BCUT2D eigenvalue weighted by molar-refractivity contribution is 6.03. The lowest BCUT2D eigenvalue weighted by molar-refractivity contribution is -0.125. The number of nitrogens with one attached hydrogen (secondary N) is 2. The summed E-state index contributed by atoms with van der Waals surface area (Å²) in [5.41, 5.74) is 4.46. The molecule has 3 aromatic rings. The number of nitrogens with zero attached hydrogens (tertiary/aromatic N) is 2. The minimum atomic E-state index is -0.717. The smallest absolute Gasteiger partial charge is 0.249 e. The number of anilines is 2. The third-order valence-electron chi connectivity index (χ3n) is 5.29. The number of amides is 2. The number of methoxy groups -OCH3 is 1. The number of rotatable bonds is 4. The second kappa shape index (κ2) is 7.43. The van der Waals surface area contributed by atoms with E-state index in [2.05, 4.69) is 15.7 Å². The van der Waals surface area contributed by atoms with Crippen LogP contribution in [0.25, 0.3) is 11.1 Å². The van der Waals surface area contributed by atoms with E-state index in [0.29, 0.717) is 5.82 Å². The quantitative estimate of drug-likeness (QED) is 0.711. The Hall–Kier alpha value is -3.61. The number of fused-ring (bicyclic) bond motifs is 1. The lowest BCUT2D eigenvalue weighted by Gasteiger charge is -2.25. The number of aryl methyl sites for hydroxylation is 1. The molecule has 0 fully saturated rings. The first-order valence-corrected chi connectivity index (χ1v) is 9.37. The fourth-order valence-electron chi connectivity index (χ4n) is 3.46. The van der Waals surface area contributed by atoms with Gasteiger partial charge < -0.3 is 15.4 Å². The van der Waals surface area contributed by atoms with Gasteiger partial charge in [-0.1, -0.05) is 24.3 Å². The van der Waals surface area contributed by atoms with Crippen LogP contribution in [-0.4, -0.2) is 28.7 Å². The summed E-state index contributed by atoms with van der Waals surface area (Å²) in [4.78, 5) is 25.3. The van der Waals surface area contributed by atoms with Gasteiger partial charge in [0.2, 0.25) is 11.8 Å². The highest BCUT2D eigenvalue weighted by atomic mass is 16.5. The van der Waals surface area contributed by atoms with Crippen LogP contribution >= 0.6 is 0 Å². The second-order valence-corrected chi connectivity index (χ2v) is 7.08. The van der Waals surface area contributed by atoms with Gasteiger partial charge in [-0.15, -0.1) is 0 Å². The van der Waals surface area contributed by atoms with E-state index in [4.69, 9.17) is 4.74 Å². The summed E-state index contributed by atoms with van der Waals surface area (Å²) in [6.07, 6.45) is 1.70. The third-order valence-corrected chi connectivity index (χ3v) is 5.29. The summed E-state index contributed by atoms with van der Waals surface area (Å²) >= 11 is 0. The lowest BCUT2D eigenvalue weighted by Crippen LogP contribution is -2.36. The van der Waals surface area contributed by atoms with Crippen molar-refractivity contribution in [2.45, 2.75) is 26.3 Å². The first kappa shape index (κ1) is 18.7. The van der Waals surface area contributed by atoms with Gasteiger partial charge >= 0.3 is 0 Å². The van der Waals surface area contributed by atoms with Crippen molar-refractivity contribution < 1.29 is 14.3 Å². The summed E-state index contributed by atoms with van der Waals surface area (Å²) in [5, 5.41) is 10.2. The van der Waals surface area contributed by atoms with Crippen molar-refractivity contribution in [3.63, 3.8) is 0 Å². The van der Waals surface area contributed by atoms with Crippen molar-refractivity contribution in [1.29, 1.82) is 0 Å². The standard InChI is InChI=1S/C22H22N4O3/c1-13-5-4-6-18(14(13)2)24-22(28)19-11-20(27)25-21-17(12-23-26(19)21)15-7-9-16(29-3)10-8-15/h4-10,12,19H,11H2,1-3H3,(H,24,28)(H,25,27)/t19-/m0/s1. The number of aromatic nitrogens is 2. The number of hydrogen-bond acceptors (Lipinski definition) is 4. The van der Waals surface area contributed by atoms with Crippen LogP contribution in [0.5, 0.6) is 5.75 Å². The predicted molar refractivity (Wildman–Crippen MR) is 111 cm³/mol. The van der Waals surface area contributed by atoms with Crippen LogP contribution in [0.15, 0.2) is 48.7 Å². The Morgan fingerprint density at radius 2 is 1.97 bits per heavy atom. The summed E-state index contributed by atoms with van der Waals surface area (Å²) < 4.78 is 6.78. The van der Waals surface area contributed by atoms with Crippen molar-refractivity contribution in [3.8, 4) is 16.9 Å². The van der Waals surface area contributed by atoms with Crippen LogP contribution in [0, 0.1) is 13.8 Å². The molecular weight excluding hydrogens is 368 g/mol. The number of benzene rings is 2. The molecule has 1 aliphatic rings. The molecule has 0 radical (unpaired) electrons. The van der Waals surface area contributed by atoms with E-state index < -0.39 is 6.04 Å². The second-order valence-electron chi connectivity index (χ2n) is 7.08. The van der Waals surface area contributed by atoms with Crippen molar-refractivity contribution in [3.05, 3.63) is 59.8 Å². The molecule has 0 aliphatic carbocycles. The normalized spacial score (nSPS) is 15.4. The number of carbonyl (C=O) groups is 2. The Bertz CT molecular complexity index is 1090. The van der Waals surface area contributed by atoms with Crippen molar-refractivity contribution in [1.82, 2.24) is 9.78 Å². The number of ether oxygens (including phenoxy) is 1. The van der Waals surface area contributed by atoms with Crippen LogP contribution in [-0.2, 0) is 9.59 Å². The Kier molecular flexibility index (Phi) is 4.80. The van der Waals surface area contributed by atoms with Crippen LogP contribution in [0.3, 0.4) is 0 Å². The van der Waals surface area contributed by atoms with Gasteiger partial charge in [0, 0.05) is 11.3 Å². The van der Waals surface area contributed by atoms with Crippen molar-refractivity contribution in [2.24, 2.45) is 0 Å². The molecule has 2 heterocycles. The molecule has 0 saturated carbocycles. The molecule has 0 saturated heterocycles. The molecule has 2 amide bonds. The van der Waals surface area contributed by atoms with Gasteiger partial charge in [-0.25, -0.2) is 4.68 Å². The predicted octanol–water partition coefficient (Wildman–Crippen LogP) is 3.70. The monoisotopic (exact) mass is 390 g/mol. The zero-order chi connectivity index (χ0) is 20.5. The molecule has 0 spiro atoms. The van der Waals surface area contributed by atoms with E-state index in [1.165, 1.54) is 0 Å². The Balaban J connectivity index is 1.66. The Labute approximate surface area is 168 Å². The van der Waals surface area contributed by atoms with E-state index in [1.807, 2.05) is 56.3 Å². The molecule has 1 aromatic heterocycles. The molecule has 4 rings (SSSR count). The average molecular weight is 390 g/mol. The SMILES string of the molecule is COc1ccc(-c2cnn3c2NC(=O)C[C@H]3C(=O)Nc2cccc(C)c2C)cc1. The highest BCUT2D eigenvalue weighted by Gasteiger charge is 2.33. The maximum Gasteiger partial charge on any atom is 0.249 e. The summed E-state index contributed by atoms with van der Waals surface area (Å²) in [6, 6.07) is 12.5. The molecule has 29 heavy (non-hydrogen) atoms. The third kappa shape index (κ3) is 3.47. The molecule has 0 unspecified atom stereocenters. The summed E-state index contributed by atoms with van der Waals surface area (Å²) in [5.74, 6) is 0.783. The van der Waals surface area contributed by atoms with Crippen LogP contribution in [0.1, 0.15) is 23.6 Å². The van der Waals surface area contributed by atoms with Gasteiger partial charge in [0.05, 0.1) is 19.7 Å². The molecule has 1 aliphatic heterocycles. The molecule has 7 heteroatoms. The van der Waals surface area contributed by atoms with Crippen LogP contribution < -0.4 is 15.4 Å². The van der Waals surface area contributed by atoms with Crippen molar-refractivity contribution in [2.75, 3.05) is 17.7 Å². The largest absolute Gasteiger partial charge is 0.497 e. The lowest BCUT2D eigenvalue weighted by atomic mass is 10.1. The van der Waals surface area contributed by atoms with Gasteiger partial charge in [0.1, 0.15) is 17.6 Å². The van der Waals surface area contributed by atoms with E-state index in [-0.39, 0.29) is 18.2 Å². The molecular formula is C22H22N4O3. The van der Waals surface area contributed by atoms with Gasteiger partial charge in [-0.05, 0) is 48.7 Å². The maximum atomic E-state index is 13.0. The first-order valence-electron chi connectivity index (χ1n) is 9.37. The first-order chi connectivity index (χ1) is 14.0. The van der Waals surface area contributed by atoms with Crippen molar-refractivity contribution >= 4 is 23.3 Å². The van der Waals surface area contributed by atoms with E-state index in [1.54, 1.807) is 18.0 Å². The van der Waals surface area contributed by atoms with Gasteiger partial charge in [-0.3, -0.25) is 9.59 Å². The molecule has 7 nitrogen and oxygen atoms in total. The van der Waals surface area contributed by atoms with E-state index in [9.17, 15) is 9.59 Å². The fraction of sp³-hybridized carbons (Fsp3) is 0.227. The zero-order valence-electron chi connectivity index (χ0n) is 16.5. The molecule has 2 N–H and O–H groups in total.